The first-order valence-corrected chi connectivity index (χ1v) is 2.35. The summed E-state index contributed by atoms with van der Waals surface area (Å²) in [4.78, 5) is 4.18. The van der Waals surface area contributed by atoms with E-state index >= 15 is 0 Å². The lowest BCUT2D eigenvalue weighted by Crippen LogP contribution is -2.51. The van der Waals surface area contributed by atoms with Crippen molar-refractivity contribution in [3.8, 4) is 0 Å². The molecule has 1 fully saturated rings. The molecule has 48 valence electrons. The number of nitrogens with two attached hydrogens (primary N) is 1. The first-order valence-electron chi connectivity index (χ1n) is 2.35. The monoisotopic (exact) mass is 119 g/mol. The molecule has 0 aromatic rings. The van der Waals surface area contributed by atoms with Crippen LogP contribution in [0.25, 0.3) is 0 Å². The van der Waals surface area contributed by atoms with Crippen molar-refractivity contribution in [2.45, 2.75) is 26.1 Å². The van der Waals surface area contributed by atoms with E-state index in [1.165, 1.54) is 0 Å². The highest BCUT2D eigenvalue weighted by atomic mass is 17.0. The van der Waals surface area contributed by atoms with E-state index in [1.807, 2.05) is 0 Å². The molecule has 0 spiro atoms. The molecule has 0 radical (unpaired) electrons. The molecular weight excluding hydrogens is 110 g/mol. The lowest BCUT2D eigenvalue weighted by atomic mass is 10.3. The molecule has 1 heterocycles. The van der Waals surface area contributed by atoms with E-state index in [4.69, 9.17) is 15.4 Å². The molecule has 1 saturated heterocycles. The Morgan fingerprint density at radius 3 is 2.12 bits per heavy atom. The van der Waals surface area contributed by atoms with Crippen LogP contribution in [-0.4, -0.2) is 12.3 Å². The summed E-state index contributed by atoms with van der Waals surface area (Å²) >= 11 is 0. The van der Waals surface area contributed by atoms with Gasteiger partial charge in [-0.15, -0.1) is 0 Å². The van der Waals surface area contributed by atoms with Gasteiger partial charge in [-0.1, -0.05) is 0 Å². The van der Waals surface area contributed by atoms with Crippen molar-refractivity contribution in [3.05, 3.63) is 0 Å². The van der Waals surface area contributed by atoms with Crippen LogP contribution in [-0.2, 0) is 14.3 Å². The fourth-order valence-electron chi connectivity index (χ4n) is 0.528. The molecule has 1 rings (SSSR count). The van der Waals surface area contributed by atoms with Gasteiger partial charge >= 0.3 is 0 Å². The van der Waals surface area contributed by atoms with Crippen molar-refractivity contribution < 1.29 is 14.3 Å². The Labute approximate surface area is 47.5 Å². The molecule has 0 saturated carbocycles. The third kappa shape index (κ3) is 0.976. The Hall–Kier alpha value is -0.160. The highest BCUT2D eigenvalue weighted by molar-refractivity contribution is 4.60. The maximum Gasteiger partial charge on any atom is 0.292 e. The largest absolute Gasteiger partial charge is 0.297 e. The number of hydrogen-bond acceptors (Lipinski definition) is 4. The van der Waals surface area contributed by atoms with Crippen molar-refractivity contribution in [2.24, 2.45) is 5.90 Å². The van der Waals surface area contributed by atoms with Crippen molar-refractivity contribution in [2.75, 3.05) is 0 Å². The van der Waals surface area contributed by atoms with E-state index in [0.717, 1.165) is 0 Å². The van der Waals surface area contributed by atoms with E-state index in [9.17, 15) is 0 Å². The minimum atomic E-state index is -0.662. The first-order chi connectivity index (χ1) is 3.64. The van der Waals surface area contributed by atoms with Crippen LogP contribution in [0.4, 0.5) is 0 Å². The fourth-order valence-corrected chi connectivity index (χ4v) is 0.528. The van der Waals surface area contributed by atoms with Gasteiger partial charge in [-0.2, -0.15) is 0 Å². The summed E-state index contributed by atoms with van der Waals surface area (Å²) in [7, 11) is 0. The Bertz CT molecular complexity index is 85.3. The van der Waals surface area contributed by atoms with Gasteiger partial charge in [-0.05, 0) is 13.8 Å². The van der Waals surface area contributed by atoms with Gasteiger partial charge in [0.05, 0.1) is 0 Å². The van der Waals surface area contributed by atoms with E-state index in [1.54, 1.807) is 13.8 Å². The molecule has 4 nitrogen and oxygen atoms in total. The minimum absolute atomic E-state index is 0.510. The highest BCUT2D eigenvalue weighted by Crippen LogP contribution is 2.26. The quantitative estimate of drug-likeness (QED) is 0.491. The van der Waals surface area contributed by atoms with Crippen LogP contribution in [0.1, 0.15) is 13.8 Å². The number of hydrogen-bond donors (Lipinski definition) is 1. The second kappa shape index (κ2) is 1.66. The van der Waals surface area contributed by atoms with Crippen LogP contribution in [0.2, 0.25) is 0 Å². The highest BCUT2D eigenvalue weighted by Gasteiger charge is 2.38. The summed E-state index contributed by atoms with van der Waals surface area (Å²) in [6.45, 7) is 2.90. The van der Waals surface area contributed by atoms with Gasteiger partial charge in [-0.25, -0.2) is 10.7 Å². The number of ether oxygens (including phenoxy) is 2. The summed E-state index contributed by atoms with van der Waals surface area (Å²) < 4.78 is 9.81. The summed E-state index contributed by atoms with van der Waals surface area (Å²) in [5, 5.41) is 0. The first kappa shape index (κ1) is 5.97. The molecule has 0 aromatic carbocycles. The smallest absolute Gasteiger partial charge is 0.292 e. The Balaban J connectivity index is 2.21. The van der Waals surface area contributed by atoms with Crippen LogP contribution >= 0.6 is 0 Å². The van der Waals surface area contributed by atoms with Gasteiger partial charge in [0.15, 0.2) is 5.79 Å². The zero-order valence-electron chi connectivity index (χ0n) is 4.88. The third-order valence-electron chi connectivity index (χ3n) is 0.871. The van der Waals surface area contributed by atoms with Crippen molar-refractivity contribution in [3.63, 3.8) is 0 Å². The normalized spacial score (nSPS) is 27.4. The number of rotatable bonds is 1. The molecule has 0 atom stereocenters. The van der Waals surface area contributed by atoms with Crippen LogP contribution in [0.15, 0.2) is 0 Å². The zero-order valence-corrected chi connectivity index (χ0v) is 4.88. The second-order valence-corrected chi connectivity index (χ2v) is 2.06. The third-order valence-corrected chi connectivity index (χ3v) is 0.871. The SMILES string of the molecule is CC1(C)OC(ON)O1. The summed E-state index contributed by atoms with van der Waals surface area (Å²) in [6.07, 6.45) is 0. The lowest BCUT2D eigenvalue weighted by molar-refractivity contribution is -0.510. The second-order valence-electron chi connectivity index (χ2n) is 2.06. The van der Waals surface area contributed by atoms with Crippen LogP contribution in [0.5, 0.6) is 0 Å². The van der Waals surface area contributed by atoms with E-state index in [-0.39, 0.29) is 0 Å². The Morgan fingerprint density at radius 2 is 2.00 bits per heavy atom. The fraction of sp³-hybridized carbons (Fsp3) is 1.00. The van der Waals surface area contributed by atoms with E-state index in [0.29, 0.717) is 0 Å². The topological polar surface area (TPSA) is 53.7 Å². The molecule has 0 aromatic heterocycles. The predicted octanol–water partition coefficient (Wildman–Crippen LogP) is -0.0568. The molecular formula is C4H9NO3. The maximum atomic E-state index is 4.91. The molecule has 4 heteroatoms. The Kier molecular flexibility index (Phi) is 1.24. The van der Waals surface area contributed by atoms with Crippen molar-refractivity contribution in [1.82, 2.24) is 0 Å². The van der Waals surface area contributed by atoms with Gasteiger partial charge in [0.2, 0.25) is 0 Å². The molecule has 1 aliphatic rings. The maximum absolute atomic E-state index is 4.91. The molecule has 2 N–H and O–H groups in total. The van der Waals surface area contributed by atoms with Gasteiger partial charge in [0.25, 0.3) is 6.48 Å². The Morgan fingerprint density at radius 1 is 1.50 bits per heavy atom. The van der Waals surface area contributed by atoms with Gasteiger partial charge in [0, 0.05) is 0 Å². The molecule has 0 bridgehead atoms. The van der Waals surface area contributed by atoms with Gasteiger partial charge in [0.1, 0.15) is 0 Å². The molecule has 0 unspecified atom stereocenters. The molecule has 1 aliphatic heterocycles. The molecule has 0 aliphatic carbocycles. The van der Waals surface area contributed by atoms with E-state index < -0.39 is 12.3 Å². The van der Waals surface area contributed by atoms with Gasteiger partial charge < -0.3 is 0 Å². The summed E-state index contributed by atoms with van der Waals surface area (Å²) in [5.41, 5.74) is 0. The van der Waals surface area contributed by atoms with Crippen molar-refractivity contribution in [1.29, 1.82) is 0 Å². The van der Waals surface area contributed by atoms with Crippen LogP contribution in [0, 0.1) is 0 Å². The predicted molar refractivity (Wildman–Crippen MR) is 25.3 cm³/mol. The average Bonchev–Trinajstić information content (AvgIpc) is 1.60. The van der Waals surface area contributed by atoms with Gasteiger partial charge in [-0.3, -0.25) is 9.47 Å². The average molecular weight is 119 g/mol. The molecule has 8 heavy (non-hydrogen) atoms. The lowest BCUT2D eigenvalue weighted by Gasteiger charge is -2.40. The van der Waals surface area contributed by atoms with Crippen molar-refractivity contribution >= 4 is 0 Å². The van der Waals surface area contributed by atoms with Crippen LogP contribution in [0.3, 0.4) is 0 Å². The standard InChI is InChI=1S/C4H9NO3/c1-4(2)6-3(7-4)8-5/h3H,5H2,1-2H3. The van der Waals surface area contributed by atoms with E-state index in [2.05, 4.69) is 4.84 Å². The summed E-state index contributed by atoms with van der Waals surface area (Å²) in [6, 6.07) is 0. The molecule has 0 amide bonds. The zero-order chi connectivity index (χ0) is 6.20. The summed E-state index contributed by atoms with van der Waals surface area (Å²) in [5.74, 6) is 4.20. The van der Waals surface area contributed by atoms with Crippen LogP contribution < -0.4 is 5.90 Å². The minimum Gasteiger partial charge on any atom is -0.297 e.